The van der Waals surface area contributed by atoms with Gasteiger partial charge in [-0.2, -0.15) is 11.8 Å². The number of hydrogen-bond donors (Lipinski definition) is 0. The summed E-state index contributed by atoms with van der Waals surface area (Å²) in [6.45, 7) is 2.68. The minimum Gasteiger partial charge on any atom is -0.790 e. The van der Waals surface area contributed by atoms with Crippen molar-refractivity contribution in [2.24, 2.45) is 0 Å². The van der Waals surface area contributed by atoms with Crippen LogP contribution in [-0.4, -0.2) is 43.3 Å². The van der Waals surface area contributed by atoms with Crippen molar-refractivity contribution in [1.29, 1.82) is 0 Å². The first-order chi connectivity index (χ1) is 15.9. The molecule has 0 spiro atoms. The van der Waals surface area contributed by atoms with E-state index >= 15 is 0 Å². The Labute approximate surface area is 261 Å². The number of hydrogen-bond acceptors (Lipinski definition) is 9. The minimum atomic E-state index is -5.11. The molecule has 12 heteroatoms. The molecule has 0 bridgehead atoms. The Balaban J connectivity index is -0.00000512. The molecule has 0 saturated heterocycles. The number of unbranched alkanes of at least 4 members (excludes halogenated alkanes) is 12. The summed E-state index contributed by atoms with van der Waals surface area (Å²) < 4.78 is 25.2. The monoisotopic (exact) mass is 556 g/mol. The maximum atomic E-state index is 12.1. The van der Waals surface area contributed by atoms with E-state index in [1.165, 1.54) is 38.5 Å². The van der Waals surface area contributed by atoms with Crippen LogP contribution >= 0.6 is 19.6 Å². The fourth-order valence-electron chi connectivity index (χ4n) is 3.30. The van der Waals surface area contributed by atoms with Crippen LogP contribution in [-0.2, 0) is 28.2 Å². The SMILES string of the molecule is CCCCCCCCCCCC(=O)O[C@H](COP(=O)([O-])[O-])CSCCCCCCCOC=O.[Na+].[Na+]. The van der Waals surface area contributed by atoms with Gasteiger partial charge in [0.25, 0.3) is 6.47 Å². The Morgan fingerprint density at radius 3 is 2.00 bits per heavy atom. The molecule has 196 valence electrons. The van der Waals surface area contributed by atoms with Gasteiger partial charge in [-0.15, -0.1) is 0 Å². The van der Waals surface area contributed by atoms with Crippen molar-refractivity contribution in [3.63, 3.8) is 0 Å². The van der Waals surface area contributed by atoms with Gasteiger partial charge in [0.15, 0.2) is 0 Å². The molecule has 0 saturated carbocycles. The van der Waals surface area contributed by atoms with Crippen LogP contribution in [0.2, 0.25) is 0 Å². The first-order valence-electron chi connectivity index (χ1n) is 12.4. The Kier molecular flexibility index (Phi) is 35.0. The van der Waals surface area contributed by atoms with E-state index in [1.54, 1.807) is 11.8 Å². The van der Waals surface area contributed by atoms with Crippen molar-refractivity contribution < 1.29 is 97.1 Å². The second-order valence-electron chi connectivity index (χ2n) is 8.24. The van der Waals surface area contributed by atoms with Crippen LogP contribution in [0.5, 0.6) is 0 Å². The maximum Gasteiger partial charge on any atom is 1.00 e. The average Bonchev–Trinajstić information content (AvgIpc) is 2.76. The van der Waals surface area contributed by atoms with Gasteiger partial charge in [0, 0.05) is 12.2 Å². The van der Waals surface area contributed by atoms with Gasteiger partial charge in [-0.1, -0.05) is 77.6 Å². The van der Waals surface area contributed by atoms with E-state index in [4.69, 9.17) is 4.74 Å². The number of phosphoric ester groups is 1. The summed E-state index contributed by atoms with van der Waals surface area (Å²) in [6, 6.07) is 0. The summed E-state index contributed by atoms with van der Waals surface area (Å²) in [4.78, 5) is 43.8. The molecule has 0 aromatic heterocycles. The number of rotatable bonds is 25. The van der Waals surface area contributed by atoms with Crippen molar-refractivity contribution in [2.45, 2.75) is 109 Å². The Morgan fingerprint density at radius 2 is 1.43 bits per heavy atom. The van der Waals surface area contributed by atoms with E-state index in [1.807, 2.05) is 0 Å². The molecule has 0 aliphatic carbocycles. The van der Waals surface area contributed by atoms with Crippen molar-refractivity contribution >= 4 is 32.0 Å². The minimum absolute atomic E-state index is 0. The van der Waals surface area contributed by atoms with E-state index in [-0.39, 0.29) is 71.5 Å². The van der Waals surface area contributed by atoms with Crippen LogP contribution in [0.25, 0.3) is 0 Å². The van der Waals surface area contributed by atoms with E-state index in [9.17, 15) is 23.9 Å². The molecule has 0 N–H and O–H groups in total. The van der Waals surface area contributed by atoms with Crippen LogP contribution in [0.4, 0.5) is 0 Å². The van der Waals surface area contributed by atoms with Crippen molar-refractivity contribution in [3.8, 4) is 0 Å². The summed E-state index contributed by atoms with van der Waals surface area (Å²) >= 11 is 1.55. The topological polar surface area (TPSA) is 125 Å². The van der Waals surface area contributed by atoms with Gasteiger partial charge in [0.05, 0.1) is 21.0 Å². The van der Waals surface area contributed by atoms with Crippen LogP contribution in [0.1, 0.15) is 103 Å². The molecule has 0 aromatic carbocycles. The summed E-state index contributed by atoms with van der Waals surface area (Å²) in [5.41, 5.74) is 0. The van der Waals surface area contributed by atoms with Gasteiger partial charge in [0.1, 0.15) is 6.10 Å². The molecule has 0 aromatic rings. The predicted octanol–water partition coefficient (Wildman–Crippen LogP) is -1.47. The molecule has 0 fully saturated rings. The Morgan fingerprint density at radius 1 is 0.886 bits per heavy atom. The zero-order chi connectivity index (χ0) is 24.6. The van der Waals surface area contributed by atoms with E-state index < -0.39 is 20.5 Å². The fourth-order valence-corrected chi connectivity index (χ4v) is 4.65. The normalized spacial score (nSPS) is 11.7. The molecule has 0 rings (SSSR count). The molecule has 0 aliphatic rings. The summed E-state index contributed by atoms with van der Waals surface area (Å²) in [5.74, 6) is 0.844. The van der Waals surface area contributed by atoms with Crippen molar-refractivity contribution in [2.75, 3.05) is 24.7 Å². The van der Waals surface area contributed by atoms with Gasteiger partial charge < -0.3 is 28.3 Å². The fraction of sp³-hybridized carbons (Fsp3) is 0.913. The molecule has 35 heavy (non-hydrogen) atoms. The predicted molar refractivity (Wildman–Crippen MR) is 128 cm³/mol. The molecule has 8 nitrogen and oxygen atoms in total. The third kappa shape index (κ3) is 33.4. The van der Waals surface area contributed by atoms with Gasteiger partial charge in [0.2, 0.25) is 0 Å². The van der Waals surface area contributed by atoms with Gasteiger partial charge in [-0.05, 0) is 25.0 Å². The molecular formula is C23H43Na2O8PS. The van der Waals surface area contributed by atoms with Crippen molar-refractivity contribution in [1.82, 2.24) is 0 Å². The van der Waals surface area contributed by atoms with Gasteiger partial charge >= 0.3 is 65.1 Å². The van der Waals surface area contributed by atoms with E-state index in [2.05, 4.69) is 16.2 Å². The van der Waals surface area contributed by atoms with Gasteiger partial charge in [-0.3, -0.25) is 9.59 Å². The standard InChI is InChI=1S/C23H45O8PS.2Na/c1-2-3-4-5-6-7-8-10-13-16-23(25)31-22(19-30-32(26,27)28)20-33-18-15-12-9-11-14-17-29-21-24;;/h21-22H,2-20H2,1H3,(H2,26,27,28);;/q;2*+1/p-2/t22-;;/m1../s1. The molecule has 0 aliphatic heterocycles. The number of carbonyl (C=O) groups excluding carboxylic acids is 2. The van der Waals surface area contributed by atoms with Crippen LogP contribution < -0.4 is 68.9 Å². The molecule has 0 amide bonds. The zero-order valence-electron chi connectivity index (χ0n) is 22.2. The molecule has 0 heterocycles. The van der Waals surface area contributed by atoms with Crippen LogP contribution in [0.15, 0.2) is 0 Å². The molecule has 0 unspecified atom stereocenters. The van der Waals surface area contributed by atoms with Crippen LogP contribution in [0.3, 0.4) is 0 Å². The largest absolute Gasteiger partial charge is 1.00 e. The average molecular weight is 557 g/mol. The Bertz CT molecular complexity index is 526. The molecule has 0 radical (unpaired) electrons. The smallest absolute Gasteiger partial charge is 0.790 e. The number of esters is 1. The zero-order valence-corrected chi connectivity index (χ0v) is 27.9. The summed E-state index contributed by atoms with van der Waals surface area (Å²) in [5, 5.41) is 0. The summed E-state index contributed by atoms with van der Waals surface area (Å²) in [6.07, 6.45) is 14.8. The maximum absolute atomic E-state index is 12.1. The number of thioether (sulfide) groups is 1. The molecule has 1 atom stereocenters. The molecular weight excluding hydrogens is 513 g/mol. The van der Waals surface area contributed by atoms with Crippen LogP contribution in [0, 0.1) is 0 Å². The third-order valence-corrected chi connectivity index (χ3v) is 6.77. The Hall–Kier alpha value is 1.40. The summed E-state index contributed by atoms with van der Waals surface area (Å²) in [7, 11) is -5.11. The van der Waals surface area contributed by atoms with Gasteiger partial charge in [-0.25, -0.2) is 0 Å². The first-order valence-corrected chi connectivity index (χ1v) is 15.0. The van der Waals surface area contributed by atoms with Crippen molar-refractivity contribution in [3.05, 3.63) is 0 Å². The second kappa shape index (κ2) is 29.9. The van der Waals surface area contributed by atoms with E-state index in [0.29, 0.717) is 18.8 Å². The number of phosphoric acid groups is 1. The second-order valence-corrected chi connectivity index (χ2v) is 10.5. The number of carbonyl (C=O) groups is 2. The first kappa shape index (κ1) is 40.9. The van der Waals surface area contributed by atoms with E-state index in [0.717, 1.165) is 57.1 Å². The quantitative estimate of drug-likeness (QED) is 0.0436. The number of ether oxygens (including phenoxy) is 2. The third-order valence-electron chi connectivity index (χ3n) is 5.12.